The van der Waals surface area contributed by atoms with Crippen molar-refractivity contribution in [2.75, 3.05) is 13.1 Å². The Bertz CT molecular complexity index is 743. The van der Waals surface area contributed by atoms with Gasteiger partial charge >= 0.3 is 0 Å². The van der Waals surface area contributed by atoms with Gasteiger partial charge in [0.15, 0.2) is 5.82 Å². The van der Waals surface area contributed by atoms with E-state index < -0.39 is 0 Å². The molecule has 1 aliphatic rings. The van der Waals surface area contributed by atoms with E-state index in [1.54, 1.807) is 0 Å². The van der Waals surface area contributed by atoms with Crippen LogP contribution in [0.5, 0.6) is 0 Å². The Labute approximate surface area is 129 Å². The molecule has 112 valence electrons. The number of nitrogens with zero attached hydrogens (tertiary/aromatic N) is 4. The Morgan fingerprint density at radius 3 is 2.77 bits per heavy atom. The third-order valence-corrected chi connectivity index (χ3v) is 4.46. The summed E-state index contributed by atoms with van der Waals surface area (Å²) < 4.78 is 4.86. The van der Waals surface area contributed by atoms with Crippen molar-refractivity contribution in [3.8, 4) is 0 Å². The number of hydrogen-bond donors (Lipinski definition) is 0. The van der Waals surface area contributed by atoms with Gasteiger partial charge in [0.2, 0.25) is 6.39 Å². The van der Waals surface area contributed by atoms with E-state index in [4.69, 9.17) is 4.52 Å². The standard InChI is InChI=1S/C17H18N4O/c1-2-4-16-15(3-1)14(5-8-18-16)11-21-9-6-13(7-10-21)17-19-12-22-20-17/h1-5,8,12-13H,6-7,9-11H2. The molecule has 0 unspecified atom stereocenters. The molecule has 5 nitrogen and oxygen atoms in total. The molecule has 0 saturated carbocycles. The molecule has 0 atom stereocenters. The lowest BCUT2D eigenvalue weighted by Crippen LogP contribution is -2.32. The molecule has 0 amide bonds. The molecule has 1 aromatic carbocycles. The molecule has 22 heavy (non-hydrogen) atoms. The van der Waals surface area contributed by atoms with E-state index in [0.29, 0.717) is 5.92 Å². The summed E-state index contributed by atoms with van der Waals surface area (Å²) in [7, 11) is 0. The van der Waals surface area contributed by atoms with Crippen molar-refractivity contribution >= 4 is 10.9 Å². The lowest BCUT2D eigenvalue weighted by molar-refractivity contribution is 0.201. The summed E-state index contributed by atoms with van der Waals surface area (Å²) in [5.41, 5.74) is 2.42. The average molecular weight is 294 g/mol. The molecule has 1 aliphatic heterocycles. The van der Waals surface area contributed by atoms with Gasteiger partial charge in [0.1, 0.15) is 0 Å². The van der Waals surface area contributed by atoms with Gasteiger partial charge in [0.25, 0.3) is 0 Å². The molecule has 0 radical (unpaired) electrons. The first kappa shape index (κ1) is 13.4. The fourth-order valence-corrected chi connectivity index (χ4v) is 3.24. The minimum Gasteiger partial charge on any atom is -0.343 e. The van der Waals surface area contributed by atoms with Crippen molar-refractivity contribution in [1.29, 1.82) is 0 Å². The normalized spacial score (nSPS) is 17.1. The lowest BCUT2D eigenvalue weighted by Gasteiger charge is -2.30. The van der Waals surface area contributed by atoms with Crippen LogP contribution in [0.15, 0.2) is 47.4 Å². The second-order valence-electron chi connectivity index (χ2n) is 5.83. The van der Waals surface area contributed by atoms with E-state index >= 15 is 0 Å². The van der Waals surface area contributed by atoms with Crippen molar-refractivity contribution in [3.05, 3.63) is 54.3 Å². The highest BCUT2D eigenvalue weighted by Crippen LogP contribution is 2.27. The topological polar surface area (TPSA) is 55.1 Å². The summed E-state index contributed by atoms with van der Waals surface area (Å²) in [6.45, 7) is 3.10. The van der Waals surface area contributed by atoms with Crippen LogP contribution in [0.2, 0.25) is 0 Å². The maximum absolute atomic E-state index is 4.86. The molecule has 1 fully saturated rings. The molecule has 0 aliphatic carbocycles. The Morgan fingerprint density at radius 2 is 1.95 bits per heavy atom. The van der Waals surface area contributed by atoms with Crippen LogP contribution in [-0.2, 0) is 6.54 Å². The molecule has 2 aromatic heterocycles. The molecule has 5 heteroatoms. The molecule has 0 bridgehead atoms. The van der Waals surface area contributed by atoms with Gasteiger partial charge in [-0.25, -0.2) is 0 Å². The molecule has 3 heterocycles. The summed E-state index contributed by atoms with van der Waals surface area (Å²) in [5, 5.41) is 5.23. The Hall–Kier alpha value is -2.27. The van der Waals surface area contributed by atoms with Crippen LogP contribution in [0.25, 0.3) is 10.9 Å². The van der Waals surface area contributed by atoms with Gasteiger partial charge in [0, 0.05) is 24.0 Å². The molecule has 0 N–H and O–H groups in total. The van der Waals surface area contributed by atoms with Crippen LogP contribution in [0, 0.1) is 0 Å². The van der Waals surface area contributed by atoms with Crippen LogP contribution >= 0.6 is 0 Å². The zero-order valence-electron chi connectivity index (χ0n) is 12.4. The van der Waals surface area contributed by atoms with Gasteiger partial charge in [-0.3, -0.25) is 9.88 Å². The third kappa shape index (κ3) is 2.60. The predicted molar refractivity (Wildman–Crippen MR) is 83.3 cm³/mol. The molecule has 4 rings (SSSR count). The molecular weight excluding hydrogens is 276 g/mol. The van der Waals surface area contributed by atoms with Crippen LogP contribution < -0.4 is 0 Å². The van der Waals surface area contributed by atoms with Gasteiger partial charge in [-0.2, -0.15) is 4.98 Å². The van der Waals surface area contributed by atoms with E-state index in [0.717, 1.165) is 43.8 Å². The van der Waals surface area contributed by atoms with Gasteiger partial charge in [-0.15, -0.1) is 0 Å². The van der Waals surface area contributed by atoms with E-state index in [-0.39, 0.29) is 0 Å². The lowest BCUT2D eigenvalue weighted by atomic mass is 9.95. The number of pyridine rings is 1. The van der Waals surface area contributed by atoms with Gasteiger partial charge in [-0.05, 0) is 43.6 Å². The number of benzene rings is 1. The average Bonchev–Trinajstić information content (AvgIpc) is 3.10. The number of rotatable bonds is 3. The fraction of sp³-hybridized carbons (Fsp3) is 0.353. The Morgan fingerprint density at radius 1 is 1.09 bits per heavy atom. The first-order chi connectivity index (χ1) is 10.9. The molecule has 1 saturated heterocycles. The highest BCUT2D eigenvalue weighted by Gasteiger charge is 2.23. The fourth-order valence-electron chi connectivity index (χ4n) is 3.24. The van der Waals surface area contributed by atoms with Crippen molar-refractivity contribution in [1.82, 2.24) is 20.0 Å². The summed E-state index contributed by atoms with van der Waals surface area (Å²) in [4.78, 5) is 11.1. The molecule has 0 spiro atoms. The second kappa shape index (κ2) is 5.85. The highest BCUT2D eigenvalue weighted by atomic mass is 16.5. The Kier molecular flexibility index (Phi) is 3.56. The third-order valence-electron chi connectivity index (χ3n) is 4.46. The smallest absolute Gasteiger partial charge is 0.213 e. The van der Waals surface area contributed by atoms with Gasteiger partial charge in [-0.1, -0.05) is 23.4 Å². The van der Waals surface area contributed by atoms with E-state index in [1.165, 1.54) is 17.3 Å². The second-order valence-corrected chi connectivity index (χ2v) is 5.83. The quantitative estimate of drug-likeness (QED) is 0.743. The number of aromatic nitrogens is 3. The SMILES string of the molecule is c1ccc2c(CN3CCC(c4ncon4)CC3)ccnc2c1. The van der Waals surface area contributed by atoms with Crippen molar-refractivity contribution in [3.63, 3.8) is 0 Å². The van der Waals surface area contributed by atoms with Gasteiger partial charge in [0.05, 0.1) is 5.52 Å². The van der Waals surface area contributed by atoms with Crippen LogP contribution in [0.1, 0.15) is 30.1 Å². The summed E-state index contributed by atoms with van der Waals surface area (Å²) in [6, 6.07) is 10.5. The summed E-state index contributed by atoms with van der Waals surface area (Å²) in [6.07, 6.45) is 5.50. The number of fused-ring (bicyclic) bond motifs is 1. The molecule has 3 aromatic rings. The summed E-state index contributed by atoms with van der Waals surface area (Å²) >= 11 is 0. The monoisotopic (exact) mass is 294 g/mol. The van der Waals surface area contributed by atoms with E-state index in [1.807, 2.05) is 12.3 Å². The van der Waals surface area contributed by atoms with Crippen molar-refractivity contribution in [2.24, 2.45) is 0 Å². The zero-order valence-corrected chi connectivity index (χ0v) is 12.4. The summed E-state index contributed by atoms with van der Waals surface area (Å²) in [5.74, 6) is 1.29. The van der Waals surface area contributed by atoms with Crippen LogP contribution in [0.3, 0.4) is 0 Å². The van der Waals surface area contributed by atoms with Crippen LogP contribution in [0.4, 0.5) is 0 Å². The minimum absolute atomic E-state index is 0.434. The van der Waals surface area contributed by atoms with Crippen molar-refractivity contribution in [2.45, 2.75) is 25.3 Å². The van der Waals surface area contributed by atoms with E-state index in [2.05, 4.69) is 44.3 Å². The Balaban J connectivity index is 1.46. The maximum atomic E-state index is 4.86. The largest absolute Gasteiger partial charge is 0.343 e. The highest BCUT2D eigenvalue weighted by molar-refractivity contribution is 5.81. The number of para-hydroxylation sites is 1. The number of likely N-dealkylation sites (tertiary alicyclic amines) is 1. The van der Waals surface area contributed by atoms with E-state index in [9.17, 15) is 0 Å². The minimum atomic E-state index is 0.434. The predicted octanol–water partition coefficient (Wildman–Crippen LogP) is 3.00. The first-order valence-corrected chi connectivity index (χ1v) is 7.71. The number of hydrogen-bond acceptors (Lipinski definition) is 5. The maximum Gasteiger partial charge on any atom is 0.213 e. The first-order valence-electron chi connectivity index (χ1n) is 7.71. The van der Waals surface area contributed by atoms with Crippen LogP contribution in [-0.4, -0.2) is 33.1 Å². The zero-order chi connectivity index (χ0) is 14.8. The van der Waals surface area contributed by atoms with Gasteiger partial charge < -0.3 is 4.52 Å². The number of piperidine rings is 1. The molecular formula is C17H18N4O. The van der Waals surface area contributed by atoms with Crippen molar-refractivity contribution < 1.29 is 4.52 Å².